The number of ether oxygens (including phenoxy) is 1. The van der Waals surface area contributed by atoms with Crippen molar-refractivity contribution >= 4 is 11.6 Å². The molecule has 198 valence electrons. The molecule has 0 spiro atoms. The molecule has 0 atom stereocenters. The summed E-state index contributed by atoms with van der Waals surface area (Å²) in [6, 6.07) is 13.5. The molecule has 0 aliphatic heterocycles. The fraction of sp³-hybridized carbons (Fsp3) is 0.241. The second-order valence-corrected chi connectivity index (χ2v) is 9.39. The highest BCUT2D eigenvalue weighted by molar-refractivity contribution is 6.02. The standard InChI is InChI=1S/C29H30F2N4O3/c1-17-9-7-10-18(2)25(17)23-15-20(13-14-24(23)38-6)27-32-19(3)26(35(27)37)28(36)33-22-12-8-11-21(16-22)29(30,31)34(4)5/h7-16,32H,1-6H3,(H,33,36). The molecule has 0 unspecified atom stereocenters. The van der Waals surface area contributed by atoms with Crippen molar-refractivity contribution in [2.45, 2.75) is 26.8 Å². The van der Waals surface area contributed by atoms with Crippen LogP contribution in [-0.2, 0) is 6.05 Å². The van der Waals surface area contributed by atoms with Gasteiger partial charge < -0.3 is 15.3 Å². The lowest BCUT2D eigenvalue weighted by Gasteiger charge is -2.24. The molecule has 0 radical (unpaired) electrons. The van der Waals surface area contributed by atoms with Crippen LogP contribution in [0.25, 0.3) is 22.5 Å². The minimum Gasteiger partial charge on any atom is -0.710 e. The number of H-pyrrole nitrogens is 1. The molecule has 4 rings (SSSR count). The van der Waals surface area contributed by atoms with Gasteiger partial charge in [-0.15, -0.1) is 0 Å². The molecule has 0 bridgehead atoms. The van der Waals surface area contributed by atoms with Crippen molar-refractivity contribution in [2.75, 3.05) is 26.5 Å². The number of alkyl halides is 2. The largest absolute Gasteiger partial charge is 0.710 e. The van der Waals surface area contributed by atoms with Crippen molar-refractivity contribution in [2.24, 2.45) is 0 Å². The summed E-state index contributed by atoms with van der Waals surface area (Å²) in [7, 11) is 4.12. The molecular weight excluding hydrogens is 490 g/mol. The summed E-state index contributed by atoms with van der Waals surface area (Å²) in [6.45, 7) is 5.62. The first kappa shape index (κ1) is 26.8. The molecule has 4 aromatic rings. The molecule has 7 nitrogen and oxygen atoms in total. The highest BCUT2D eigenvalue weighted by Crippen LogP contribution is 2.37. The molecule has 0 aliphatic carbocycles. The van der Waals surface area contributed by atoms with E-state index in [0.29, 0.717) is 21.7 Å². The maximum absolute atomic E-state index is 14.4. The van der Waals surface area contributed by atoms with Crippen LogP contribution in [0.3, 0.4) is 0 Å². The first-order chi connectivity index (χ1) is 17.9. The summed E-state index contributed by atoms with van der Waals surface area (Å²) in [5, 5.41) is 15.9. The van der Waals surface area contributed by atoms with Gasteiger partial charge in [0.2, 0.25) is 5.69 Å². The molecule has 2 N–H and O–H groups in total. The third-order valence-electron chi connectivity index (χ3n) is 6.54. The number of nitrogens with zero attached hydrogens (tertiary/aromatic N) is 2. The average molecular weight is 521 g/mol. The van der Waals surface area contributed by atoms with Gasteiger partial charge in [-0.3, -0.25) is 4.79 Å². The van der Waals surface area contributed by atoms with Crippen LogP contribution in [0.15, 0.2) is 60.7 Å². The van der Waals surface area contributed by atoms with Crippen LogP contribution in [0.5, 0.6) is 5.75 Å². The van der Waals surface area contributed by atoms with Crippen LogP contribution < -0.4 is 14.8 Å². The van der Waals surface area contributed by atoms with Gasteiger partial charge in [0.05, 0.1) is 12.7 Å². The zero-order valence-electron chi connectivity index (χ0n) is 22.1. The summed E-state index contributed by atoms with van der Waals surface area (Å²) >= 11 is 0. The SMILES string of the molecule is COc1ccc(-c2[nH]c(C)c(C(=O)Nc3cccc(C(F)(F)N(C)C)c3)[n+]2[O-])cc1-c1c(C)cccc1C. The van der Waals surface area contributed by atoms with Crippen LogP contribution in [-0.4, -0.2) is 37.0 Å². The Hall–Kier alpha value is -4.24. The Morgan fingerprint density at radius 2 is 1.68 bits per heavy atom. The van der Waals surface area contributed by atoms with Crippen LogP contribution >= 0.6 is 0 Å². The van der Waals surface area contributed by atoms with E-state index in [0.717, 1.165) is 27.2 Å². The third-order valence-corrected chi connectivity index (χ3v) is 6.54. The number of nitrogens with one attached hydrogen (secondary N) is 2. The summed E-state index contributed by atoms with van der Waals surface area (Å²) in [6.07, 6.45) is 0. The number of imidazole rings is 1. The zero-order valence-corrected chi connectivity index (χ0v) is 22.1. The number of anilines is 1. The fourth-order valence-corrected chi connectivity index (χ4v) is 4.53. The average Bonchev–Trinajstić information content (AvgIpc) is 3.17. The van der Waals surface area contributed by atoms with E-state index in [4.69, 9.17) is 4.74 Å². The van der Waals surface area contributed by atoms with Crippen LogP contribution in [0.1, 0.15) is 32.9 Å². The molecule has 0 saturated heterocycles. The van der Waals surface area contributed by atoms with Crippen molar-refractivity contribution < 1.29 is 23.0 Å². The van der Waals surface area contributed by atoms with Gasteiger partial charge in [-0.05, 0) is 75.0 Å². The summed E-state index contributed by atoms with van der Waals surface area (Å²) in [5.74, 6) is 0.115. The molecule has 1 heterocycles. The molecule has 0 saturated carbocycles. The predicted molar refractivity (Wildman–Crippen MR) is 143 cm³/mol. The number of hydrogen-bond donors (Lipinski definition) is 2. The topological polar surface area (TPSA) is 84.3 Å². The van der Waals surface area contributed by atoms with E-state index < -0.39 is 12.0 Å². The number of aromatic amines is 1. The van der Waals surface area contributed by atoms with Gasteiger partial charge in [-0.2, -0.15) is 8.78 Å². The number of methoxy groups -OCH3 is 1. The molecule has 3 aromatic carbocycles. The van der Waals surface area contributed by atoms with Crippen molar-refractivity contribution in [3.05, 3.63) is 93.9 Å². The van der Waals surface area contributed by atoms with Crippen molar-refractivity contribution in [3.63, 3.8) is 0 Å². The van der Waals surface area contributed by atoms with E-state index >= 15 is 0 Å². The maximum Gasteiger partial charge on any atom is 0.331 e. The number of carbonyl (C=O) groups excluding carboxylic acids is 1. The molecule has 9 heteroatoms. The normalized spacial score (nSPS) is 11.6. The maximum atomic E-state index is 14.4. The predicted octanol–water partition coefficient (Wildman–Crippen LogP) is 5.78. The number of carbonyl (C=O) groups is 1. The number of rotatable bonds is 7. The Morgan fingerprint density at radius 3 is 2.32 bits per heavy atom. The second-order valence-electron chi connectivity index (χ2n) is 9.39. The fourth-order valence-electron chi connectivity index (χ4n) is 4.53. The van der Waals surface area contributed by atoms with E-state index in [1.165, 1.54) is 38.4 Å². The van der Waals surface area contributed by atoms with Crippen molar-refractivity contribution in [3.8, 4) is 28.3 Å². The van der Waals surface area contributed by atoms with Crippen LogP contribution in [0, 0.1) is 26.0 Å². The molecule has 0 fully saturated rings. The Morgan fingerprint density at radius 1 is 1.03 bits per heavy atom. The van der Waals surface area contributed by atoms with E-state index in [-0.39, 0.29) is 22.8 Å². The van der Waals surface area contributed by atoms with Gasteiger partial charge in [0.1, 0.15) is 5.75 Å². The Labute approximate surface area is 220 Å². The van der Waals surface area contributed by atoms with E-state index in [1.807, 2.05) is 38.1 Å². The van der Waals surface area contributed by atoms with E-state index in [9.17, 15) is 18.8 Å². The summed E-state index contributed by atoms with van der Waals surface area (Å²) < 4.78 is 35.0. The number of hydrogen-bond acceptors (Lipinski definition) is 4. The Balaban J connectivity index is 1.71. The minimum absolute atomic E-state index is 0.151. The van der Waals surface area contributed by atoms with Crippen LogP contribution in [0.4, 0.5) is 14.5 Å². The molecule has 38 heavy (non-hydrogen) atoms. The highest BCUT2D eigenvalue weighted by Gasteiger charge is 2.34. The van der Waals surface area contributed by atoms with Crippen molar-refractivity contribution in [1.82, 2.24) is 9.88 Å². The summed E-state index contributed by atoms with van der Waals surface area (Å²) in [5.41, 5.74) is 4.54. The quantitative estimate of drug-likeness (QED) is 0.184. The monoisotopic (exact) mass is 520 g/mol. The molecular formula is C29H30F2N4O3. The molecule has 0 aliphatic rings. The first-order valence-electron chi connectivity index (χ1n) is 12.0. The number of aromatic nitrogens is 2. The smallest absolute Gasteiger partial charge is 0.331 e. The number of amides is 1. The zero-order chi connectivity index (χ0) is 27.8. The third kappa shape index (κ3) is 4.84. The van der Waals surface area contributed by atoms with E-state index in [1.54, 1.807) is 26.2 Å². The lowest BCUT2D eigenvalue weighted by Crippen LogP contribution is -2.36. The van der Waals surface area contributed by atoms with Gasteiger partial charge in [0, 0.05) is 23.7 Å². The number of benzene rings is 3. The van der Waals surface area contributed by atoms with Gasteiger partial charge >= 0.3 is 6.05 Å². The minimum atomic E-state index is -3.22. The first-order valence-corrected chi connectivity index (χ1v) is 12.0. The number of aryl methyl sites for hydroxylation is 3. The van der Waals surface area contributed by atoms with Gasteiger partial charge in [0.15, 0.2) is 5.69 Å². The van der Waals surface area contributed by atoms with Crippen molar-refractivity contribution in [1.29, 1.82) is 0 Å². The number of halogens is 2. The Bertz CT molecular complexity index is 1490. The molecule has 1 aromatic heterocycles. The molecule has 1 amide bonds. The highest BCUT2D eigenvalue weighted by atomic mass is 19.3. The Kier molecular flexibility index (Phi) is 7.24. The lowest BCUT2D eigenvalue weighted by molar-refractivity contribution is -0.594. The van der Waals surface area contributed by atoms with Gasteiger partial charge in [0.25, 0.3) is 11.7 Å². The van der Waals surface area contributed by atoms with E-state index in [2.05, 4.69) is 10.3 Å². The van der Waals surface area contributed by atoms with Crippen LogP contribution in [0.2, 0.25) is 0 Å². The summed E-state index contributed by atoms with van der Waals surface area (Å²) in [4.78, 5) is 16.9. The lowest BCUT2D eigenvalue weighted by atomic mass is 9.93. The van der Waals surface area contributed by atoms with Gasteiger partial charge in [-0.25, -0.2) is 14.6 Å². The second kappa shape index (κ2) is 10.3. The van der Waals surface area contributed by atoms with Gasteiger partial charge in [-0.1, -0.05) is 30.3 Å².